The third-order valence-corrected chi connectivity index (χ3v) is 2.03. The fourth-order valence-electron chi connectivity index (χ4n) is 1.28. The lowest BCUT2D eigenvalue weighted by atomic mass is 10.2. The molecule has 7 heteroatoms. The van der Waals surface area contributed by atoms with E-state index in [0.29, 0.717) is 6.07 Å². The molecule has 0 amide bonds. The van der Waals surface area contributed by atoms with E-state index in [1.807, 2.05) is 0 Å². The molecule has 0 saturated heterocycles. The van der Waals surface area contributed by atoms with Crippen LogP contribution < -0.4 is 4.90 Å². The molecule has 0 saturated carbocycles. The van der Waals surface area contributed by atoms with Crippen molar-refractivity contribution in [3.05, 3.63) is 29.8 Å². The Labute approximate surface area is 93.6 Å². The zero-order valence-electron chi connectivity index (χ0n) is 8.73. The Kier molecular flexibility index (Phi) is 3.59. The van der Waals surface area contributed by atoms with E-state index in [-0.39, 0.29) is 5.69 Å². The Morgan fingerprint density at radius 1 is 1.06 bits per heavy atom. The van der Waals surface area contributed by atoms with Crippen molar-refractivity contribution in [3.63, 3.8) is 0 Å². The van der Waals surface area contributed by atoms with Gasteiger partial charge < -0.3 is 4.90 Å². The van der Waals surface area contributed by atoms with Crippen molar-refractivity contribution in [2.45, 2.75) is 12.4 Å². The molecule has 0 spiro atoms. The van der Waals surface area contributed by atoms with Crippen LogP contribution in [0.25, 0.3) is 0 Å². The summed E-state index contributed by atoms with van der Waals surface area (Å²) < 4.78 is 73.2. The summed E-state index contributed by atoms with van der Waals surface area (Å²) in [6, 6.07) is 3.77. The molecule has 1 nitrogen and oxygen atoms in total. The Hall–Kier alpha value is -1.40. The van der Waals surface area contributed by atoms with Crippen LogP contribution in [0, 0.1) is 0 Å². The average molecular weight is 257 g/mol. The van der Waals surface area contributed by atoms with Gasteiger partial charge >= 0.3 is 12.4 Å². The molecule has 0 atom stereocenters. The molecule has 1 aromatic rings. The van der Waals surface area contributed by atoms with E-state index >= 15 is 0 Å². The van der Waals surface area contributed by atoms with Crippen LogP contribution in [0.4, 0.5) is 32.0 Å². The Morgan fingerprint density at radius 3 is 2.12 bits per heavy atom. The van der Waals surface area contributed by atoms with Crippen LogP contribution in [-0.4, -0.2) is 19.8 Å². The Morgan fingerprint density at radius 2 is 1.65 bits per heavy atom. The third kappa shape index (κ3) is 4.16. The number of hydrogen-bond acceptors (Lipinski definition) is 1. The van der Waals surface area contributed by atoms with Gasteiger partial charge in [0.25, 0.3) is 0 Å². The van der Waals surface area contributed by atoms with Crippen LogP contribution in [0.3, 0.4) is 0 Å². The molecular formula is C10H9F6N. The number of halogens is 6. The second-order valence-electron chi connectivity index (χ2n) is 3.52. The molecule has 0 aliphatic rings. The first-order valence-corrected chi connectivity index (χ1v) is 4.55. The van der Waals surface area contributed by atoms with Crippen molar-refractivity contribution in [2.75, 3.05) is 18.5 Å². The molecule has 0 fully saturated rings. The number of rotatable bonds is 2. The van der Waals surface area contributed by atoms with Crippen molar-refractivity contribution >= 4 is 5.69 Å². The number of benzene rings is 1. The molecule has 0 heterocycles. The summed E-state index contributed by atoms with van der Waals surface area (Å²) in [6.07, 6.45) is -9.02. The summed E-state index contributed by atoms with van der Waals surface area (Å²) in [6.45, 7) is -1.30. The fraction of sp³-hybridized carbons (Fsp3) is 0.400. The minimum absolute atomic E-state index is 0.128. The number of alkyl halides is 6. The number of anilines is 1. The maximum absolute atomic E-state index is 12.3. The summed E-state index contributed by atoms with van der Waals surface area (Å²) in [5, 5.41) is 0. The molecular weight excluding hydrogens is 248 g/mol. The standard InChI is InChI=1S/C10H9F6N/c1-17(6-9(11,12)13)8-4-2-3-7(5-8)10(14,15)16/h2-5H,6H2,1H3. The predicted octanol–water partition coefficient (Wildman–Crippen LogP) is 3.70. The summed E-state index contributed by atoms with van der Waals surface area (Å²) in [7, 11) is 1.09. The highest BCUT2D eigenvalue weighted by Gasteiger charge is 2.32. The van der Waals surface area contributed by atoms with Crippen LogP contribution in [0.1, 0.15) is 5.56 Å². The van der Waals surface area contributed by atoms with Crippen molar-refractivity contribution in [3.8, 4) is 0 Å². The molecule has 0 unspecified atom stereocenters. The van der Waals surface area contributed by atoms with Gasteiger partial charge in [-0.2, -0.15) is 26.3 Å². The van der Waals surface area contributed by atoms with Gasteiger partial charge in [-0.3, -0.25) is 0 Å². The summed E-state index contributed by atoms with van der Waals surface area (Å²) in [5.41, 5.74) is -1.10. The minimum Gasteiger partial charge on any atom is -0.366 e. The zero-order valence-corrected chi connectivity index (χ0v) is 8.73. The van der Waals surface area contributed by atoms with Crippen molar-refractivity contribution < 1.29 is 26.3 Å². The second-order valence-corrected chi connectivity index (χ2v) is 3.52. The highest BCUT2D eigenvalue weighted by Crippen LogP contribution is 2.31. The SMILES string of the molecule is CN(CC(F)(F)F)c1cccc(C(F)(F)F)c1. The lowest BCUT2D eigenvalue weighted by molar-refractivity contribution is -0.137. The summed E-state index contributed by atoms with van der Waals surface area (Å²) in [5.74, 6) is 0. The van der Waals surface area contributed by atoms with Crippen LogP contribution in [-0.2, 0) is 6.18 Å². The number of hydrogen-bond donors (Lipinski definition) is 0. The fourth-order valence-corrected chi connectivity index (χ4v) is 1.28. The van der Waals surface area contributed by atoms with E-state index in [9.17, 15) is 26.3 Å². The van der Waals surface area contributed by atoms with E-state index in [4.69, 9.17) is 0 Å². The zero-order chi connectivity index (χ0) is 13.3. The molecule has 1 rings (SSSR count). The summed E-state index contributed by atoms with van der Waals surface area (Å²) in [4.78, 5) is 0.717. The third-order valence-electron chi connectivity index (χ3n) is 2.03. The smallest absolute Gasteiger partial charge is 0.366 e. The molecule has 17 heavy (non-hydrogen) atoms. The molecule has 0 radical (unpaired) electrons. The molecule has 96 valence electrons. The lowest BCUT2D eigenvalue weighted by Crippen LogP contribution is -2.30. The molecule has 0 N–H and O–H groups in total. The maximum atomic E-state index is 12.3. The van der Waals surface area contributed by atoms with Gasteiger partial charge in [0.15, 0.2) is 0 Å². The normalized spacial score (nSPS) is 12.6. The van der Waals surface area contributed by atoms with Crippen LogP contribution in [0.15, 0.2) is 24.3 Å². The van der Waals surface area contributed by atoms with E-state index in [0.717, 1.165) is 24.1 Å². The minimum atomic E-state index is -4.56. The van der Waals surface area contributed by atoms with Crippen molar-refractivity contribution in [1.82, 2.24) is 0 Å². The summed E-state index contributed by atoms with van der Waals surface area (Å²) >= 11 is 0. The van der Waals surface area contributed by atoms with Crippen LogP contribution in [0.2, 0.25) is 0 Å². The van der Waals surface area contributed by atoms with Gasteiger partial charge in [-0.05, 0) is 18.2 Å². The van der Waals surface area contributed by atoms with Gasteiger partial charge in [-0.1, -0.05) is 6.07 Å². The molecule has 0 bridgehead atoms. The van der Waals surface area contributed by atoms with E-state index in [1.165, 1.54) is 6.07 Å². The van der Waals surface area contributed by atoms with Gasteiger partial charge in [-0.25, -0.2) is 0 Å². The number of nitrogens with zero attached hydrogens (tertiary/aromatic N) is 1. The quantitative estimate of drug-likeness (QED) is 0.730. The molecule has 0 aromatic heterocycles. The van der Waals surface area contributed by atoms with Gasteiger partial charge in [0, 0.05) is 12.7 Å². The first-order chi connectivity index (χ1) is 7.59. The van der Waals surface area contributed by atoms with Gasteiger partial charge in [-0.15, -0.1) is 0 Å². The molecule has 0 aliphatic carbocycles. The average Bonchev–Trinajstić information content (AvgIpc) is 2.14. The topological polar surface area (TPSA) is 3.24 Å². The lowest BCUT2D eigenvalue weighted by Gasteiger charge is -2.21. The van der Waals surface area contributed by atoms with Gasteiger partial charge in [0.05, 0.1) is 5.56 Å². The Balaban J connectivity index is 2.92. The van der Waals surface area contributed by atoms with Crippen LogP contribution >= 0.6 is 0 Å². The highest BCUT2D eigenvalue weighted by molar-refractivity contribution is 5.48. The van der Waals surface area contributed by atoms with E-state index < -0.39 is 24.5 Å². The monoisotopic (exact) mass is 257 g/mol. The second kappa shape index (κ2) is 4.46. The first-order valence-electron chi connectivity index (χ1n) is 4.55. The van der Waals surface area contributed by atoms with E-state index in [1.54, 1.807) is 0 Å². The van der Waals surface area contributed by atoms with E-state index in [2.05, 4.69) is 0 Å². The van der Waals surface area contributed by atoms with Crippen molar-refractivity contribution in [2.24, 2.45) is 0 Å². The predicted molar refractivity (Wildman–Crippen MR) is 50.8 cm³/mol. The highest BCUT2D eigenvalue weighted by atomic mass is 19.4. The maximum Gasteiger partial charge on any atom is 0.416 e. The largest absolute Gasteiger partial charge is 0.416 e. The van der Waals surface area contributed by atoms with Gasteiger partial charge in [0.1, 0.15) is 6.54 Å². The Bertz CT molecular complexity index is 381. The molecule has 1 aromatic carbocycles. The van der Waals surface area contributed by atoms with Gasteiger partial charge in [0.2, 0.25) is 0 Å². The van der Waals surface area contributed by atoms with Crippen LogP contribution in [0.5, 0.6) is 0 Å². The van der Waals surface area contributed by atoms with Crippen molar-refractivity contribution in [1.29, 1.82) is 0 Å². The first kappa shape index (κ1) is 13.7. The molecule has 0 aliphatic heterocycles.